The van der Waals surface area contributed by atoms with Gasteiger partial charge in [0.1, 0.15) is 0 Å². The maximum atomic E-state index is 11.3. The van der Waals surface area contributed by atoms with Crippen LogP contribution >= 0.6 is 0 Å². The summed E-state index contributed by atoms with van der Waals surface area (Å²) < 4.78 is 1.87. The van der Waals surface area contributed by atoms with Crippen LogP contribution in [0.25, 0.3) is 16.6 Å². The highest BCUT2D eigenvalue weighted by Gasteiger charge is 2.06. The maximum Gasteiger partial charge on any atom is 0.318 e. The van der Waals surface area contributed by atoms with E-state index in [0.29, 0.717) is 0 Å². The molecule has 0 bridgehead atoms. The van der Waals surface area contributed by atoms with Gasteiger partial charge in [0.2, 0.25) is 0 Å². The lowest BCUT2D eigenvalue weighted by molar-refractivity contribution is 0.254. The Balaban J connectivity index is 2.01. The summed E-state index contributed by atoms with van der Waals surface area (Å²) in [5.41, 5.74) is 2.75. The largest absolute Gasteiger partial charge is 0.341 e. The lowest BCUT2D eigenvalue weighted by Crippen LogP contribution is -2.24. The summed E-state index contributed by atoms with van der Waals surface area (Å²) in [6, 6.07) is 15.4. The molecule has 0 radical (unpaired) electrons. The highest BCUT2D eigenvalue weighted by atomic mass is 16.2. The predicted octanol–water partition coefficient (Wildman–Crippen LogP) is 2.78. The highest BCUT2D eigenvalue weighted by Crippen LogP contribution is 2.21. The second kappa shape index (κ2) is 5.05. The average molecular weight is 266 g/mol. The zero-order valence-corrected chi connectivity index (χ0v) is 11.0. The Morgan fingerprint density at radius 2 is 1.95 bits per heavy atom. The molecule has 1 aromatic heterocycles. The lowest BCUT2D eigenvalue weighted by Gasteiger charge is -2.06. The second-order valence-corrected chi connectivity index (χ2v) is 4.37. The Morgan fingerprint density at radius 1 is 1.15 bits per heavy atom. The molecule has 100 valence electrons. The van der Waals surface area contributed by atoms with E-state index in [4.69, 9.17) is 0 Å². The normalized spacial score (nSPS) is 10.4. The third kappa shape index (κ3) is 2.21. The van der Waals surface area contributed by atoms with E-state index in [0.717, 1.165) is 22.3 Å². The van der Waals surface area contributed by atoms with Crippen molar-refractivity contribution in [1.29, 1.82) is 0 Å². The molecule has 2 aromatic carbocycles. The molecule has 0 aliphatic carbocycles. The first-order valence-corrected chi connectivity index (χ1v) is 6.30. The molecule has 0 saturated carbocycles. The van der Waals surface area contributed by atoms with Gasteiger partial charge in [0.15, 0.2) is 0 Å². The van der Waals surface area contributed by atoms with Crippen molar-refractivity contribution < 1.29 is 4.79 Å². The van der Waals surface area contributed by atoms with Gasteiger partial charge >= 0.3 is 6.03 Å². The van der Waals surface area contributed by atoms with Gasteiger partial charge in [-0.25, -0.2) is 9.48 Å². The number of para-hydroxylation sites is 1. The van der Waals surface area contributed by atoms with Gasteiger partial charge in [-0.2, -0.15) is 5.10 Å². The molecular formula is C15H14N4O. The van der Waals surface area contributed by atoms with Crippen molar-refractivity contribution in [3.05, 3.63) is 54.7 Å². The van der Waals surface area contributed by atoms with Crippen molar-refractivity contribution in [1.82, 2.24) is 15.1 Å². The molecule has 0 saturated heterocycles. The molecule has 3 aromatic rings. The number of anilines is 1. The van der Waals surface area contributed by atoms with E-state index < -0.39 is 0 Å². The van der Waals surface area contributed by atoms with E-state index in [-0.39, 0.29) is 6.03 Å². The van der Waals surface area contributed by atoms with Crippen LogP contribution in [0.3, 0.4) is 0 Å². The Morgan fingerprint density at radius 3 is 2.70 bits per heavy atom. The number of hydrogen-bond acceptors (Lipinski definition) is 2. The fourth-order valence-corrected chi connectivity index (χ4v) is 2.08. The van der Waals surface area contributed by atoms with E-state index in [1.807, 2.05) is 53.2 Å². The fraction of sp³-hybridized carbons (Fsp3) is 0.0667. The molecule has 1 heterocycles. The van der Waals surface area contributed by atoms with Crippen LogP contribution in [0, 0.1) is 0 Å². The topological polar surface area (TPSA) is 59.0 Å². The van der Waals surface area contributed by atoms with Gasteiger partial charge in [-0.05, 0) is 30.3 Å². The summed E-state index contributed by atoms with van der Waals surface area (Å²) in [5.74, 6) is 0. The first-order valence-electron chi connectivity index (χ1n) is 6.30. The van der Waals surface area contributed by atoms with Crippen LogP contribution in [0.4, 0.5) is 10.5 Å². The van der Waals surface area contributed by atoms with Crippen molar-refractivity contribution in [3.63, 3.8) is 0 Å². The molecule has 5 nitrogen and oxygen atoms in total. The molecule has 2 amide bonds. The van der Waals surface area contributed by atoms with Crippen molar-refractivity contribution in [2.75, 3.05) is 12.4 Å². The molecule has 20 heavy (non-hydrogen) atoms. The molecule has 0 fully saturated rings. The van der Waals surface area contributed by atoms with Crippen molar-refractivity contribution in [3.8, 4) is 5.69 Å². The van der Waals surface area contributed by atoms with Gasteiger partial charge in [-0.1, -0.05) is 18.2 Å². The van der Waals surface area contributed by atoms with Crippen LogP contribution in [-0.4, -0.2) is 22.9 Å². The molecule has 0 aliphatic rings. The third-order valence-electron chi connectivity index (χ3n) is 3.05. The molecule has 2 N–H and O–H groups in total. The van der Waals surface area contributed by atoms with Gasteiger partial charge in [-0.3, -0.25) is 0 Å². The summed E-state index contributed by atoms with van der Waals surface area (Å²) in [7, 11) is 1.58. The first kappa shape index (κ1) is 12.2. The summed E-state index contributed by atoms with van der Waals surface area (Å²) in [4.78, 5) is 11.3. The van der Waals surface area contributed by atoms with E-state index in [9.17, 15) is 4.79 Å². The number of carbonyl (C=O) groups excluding carboxylic acids is 1. The van der Waals surface area contributed by atoms with Gasteiger partial charge in [-0.15, -0.1) is 0 Å². The zero-order valence-electron chi connectivity index (χ0n) is 11.0. The van der Waals surface area contributed by atoms with Gasteiger partial charge in [0, 0.05) is 18.1 Å². The van der Waals surface area contributed by atoms with Gasteiger partial charge < -0.3 is 10.6 Å². The van der Waals surface area contributed by atoms with E-state index in [1.165, 1.54) is 0 Å². The highest BCUT2D eigenvalue weighted by molar-refractivity contribution is 5.92. The lowest BCUT2D eigenvalue weighted by atomic mass is 10.2. The molecular weight excluding hydrogens is 252 g/mol. The van der Waals surface area contributed by atoms with E-state index >= 15 is 0 Å². The maximum absolute atomic E-state index is 11.3. The van der Waals surface area contributed by atoms with Crippen molar-refractivity contribution in [2.45, 2.75) is 0 Å². The summed E-state index contributed by atoms with van der Waals surface area (Å²) in [5, 5.41) is 10.6. The predicted molar refractivity (Wildman–Crippen MR) is 79.1 cm³/mol. The van der Waals surface area contributed by atoms with Gasteiger partial charge in [0.25, 0.3) is 0 Å². The molecule has 0 unspecified atom stereocenters. The Bertz CT molecular complexity index is 749. The number of rotatable bonds is 2. The van der Waals surface area contributed by atoms with Crippen LogP contribution in [0.2, 0.25) is 0 Å². The SMILES string of the molecule is CNC(=O)Nc1ccc2c(cnn2-c2ccccc2)c1. The Labute approximate surface area is 116 Å². The van der Waals surface area contributed by atoms with Crippen LogP contribution in [0.15, 0.2) is 54.7 Å². The Kier molecular flexibility index (Phi) is 3.09. The number of nitrogens with one attached hydrogen (secondary N) is 2. The number of hydrogen-bond donors (Lipinski definition) is 2. The summed E-state index contributed by atoms with van der Waals surface area (Å²) in [6.07, 6.45) is 1.79. The molecule has 0 atom stereocenters. The number of aromatic nitrogens is 2. The number of benzene rings is 2. The molecule has 0 spiro atoms. The molecule has 3 rings (SSSR count). The number of fused-ring (bicyclic) bond motifs is 1. The summed E-state index contributed by atoms with van der Waals surface area (Å²) >= 11 is 0. The Hall–Kier alpha value is -2.82. The monoisotopic (exact) mass is 266 g/mol. The first-order chi connectivity index (χ1) is 9.78. The van der Waals surface area contributed by atoms with Crippen LogP contribution in [0.5, 0.6) is 0 Å². The smallest absolute Gasteiger partial charge is 0.318 e. The fourth-order valence-electron chi connectivity index (χ4n) is 2.08. The number of carbonyl (C=O) groups is 1. The van der Waals surface area contributed by atoms with Crippen molar-refractivity contribution >= 4 is 22.6 Å². The van der Waals surface area contributed by atoms with E-state index in [2.05, 4.69) is 15.7 Å². The molecule has 5 heteroatoms. The quantitative estimate of drug-likeness (QED) is 0.749. The molecule has 0 aliphatic heterocycles. The number of amides is 2. The second-order valence-electron chi connectivity index (χ2n) is 4.37. The van der Waals surface area contributed by atoms with Crippen LogP contribution in [0.1, 0.15) is 0 Å². The van der Waals surface area contributed by atoms with Crippen LogP contribution in [-0.2, 0) is 0 Å². The standard InChI is InChI=1S/C15H14N4O/c1-16-15(20)18-12-7-8-14-11(9-12)10-17-19(14)13-5-3-2-4-6-13/h2-10H,1H3,(H2,16,18,20). The minimum Gasteiger partial charge on any atom is -0.341 e. The number of nitrogens with zero attached hydrogens (tertiary/aromatic N) is 2. The third-order valence-corrected chi connectivity index (χ3v) is 3.05. The average Bonchev–Trinajstić information content (AvgIpc) is 2.91. The van der Waals surface area contributed by atoms with Crippen molar-refractivity contribution in [2.24, 2.45) is 0 Å². The van der Waals surface area contributed by atoms with Gasteiger partial charge in [0.05, 0.1) is 17.4 Å². The van der Waals surface area contributed by atoms with E-state index in [1.54, 1.807) is 13.2 Å². The minimum absolute atomic E-state index is 0.236. The minimum atomic E-state index is -0.236. The van der Waals surface area contributed by atoms with Crippen LogP contribution < -0.4 is 10.6 Å². The summed E-state index contributed by atoms with van der Waals surface area (Å²) in [6.45, 7) is 0. The number of urea groups is 1. The zero-order chi connectivity index (χ0) is 13.9.